The highest BCUT2D eigenvalue weighted by atomic mass is 32.1. The Balaban J connectivity index is 2.01. The molecule has 3 aromatic rings. The van der Waals surface area contributed by atoms with Gasteiger partial charge in [0, 0.05) is 23.3 Å². The lowest BCUT2D eigenvalue weighted by atomic mass is 10.3. The number of hydrogen-bond donors (Lipinski definition) is 1. The van der Waals surface area contributed by atoms with Crippen LogP contribution in [-0.2, 0) is 0 Å². The van der Waals surface area contributed by atoms with Gasteiger partial charge in [0.15, 0.2) is 5.82 Å². The Bertz CT molecular complexity index is 705. The Kier molecular flexibility index (Phi) is 2.81. The summed E-state index contributed by atoms with van der Waals surface area (Å²) >= 11 is 1.44. The number of aromatic nitrogens is 4. The zero-order valence-corrected chi connectivity index (χ0v) is 10.5. The van der Waals surface area contributed by atoms with Gasteiger partial charge in [-0.1, -0.05) is 0 Å². The van der Waals surface area contributed by atoms with Gasteiger partial charge in [0.2, 0.25) is 5.95 Å². The molecule has 0 aliphatic carbocycles. The molecule has 94 valence electrons. The summed E-state index contributed by atoms with van der Waals surface area (Å²) in [5.74, 6) is 0.193. The van der Waals surface area contributed by atoms with Gasteiger partial charge in [0.1, 0.15) is 0 Å². The lowest BCUT2D eigenvalue weighted by Crippen LogP contribution is -2.15. The van der Waals surface area contributed by atoms with Crippen molar-refractivity contribution in [2.75, 3.05) is 5.73 Å². The molecule has 0 bridgehead atoms. The standard InChI is InChI=1S/C12H9N5OS/c13-12-15-10(8-1-4-14-5-2-8)16-17(12)11(18)9-3-6-19-7-9/h1-7H,(H2,13,15,16). The first kappa shape index (κ1) is 11.5. The molecule has 2 N–H and O–H groups in total. The Labute approximate surface area is 112 Å². The number of carbonyl (C=O) groups is 1. The third-order valence-electron chi connectivity index (χ3n) is 2.53. The number of nitrogen functional groups attached to an aromatic ring is 1. The summed E-state index contributed by atoms with van der Waals surface area (Å²) in [7, 11) is 0. The zero-order valence-electron chi connectivity index (χ0n) is 9.72. The molecule has 7 heteroatoms. The van der Waals surface area contributed by atoms with E-state index in [0.717, 1.165) is 10.2 Å². The van der Waals surface area contributed by atoms with Crippen LogP contribution < -0.4 is 5.73 Å². The fraction of sp³-hybridized carbons (Fsp3) is 0. The predicted molar refractivity (Wildman–Crippen MR) is 71.7 cm³/mol. The van der Waals surface area contributed by atoms with E-state index in [2.05, 4.69) is 15.1 Å². The molecule has 0 fully saturated rings. The molecule has 6 nitrogen and oxygen atoms in total. The summed E-state index contributed by atoms with van der Waals surface area (Å²) in [5, 5.41) is 7.71. The molecular formula is C12H9N5OS. The predicted octanol–water partition coefficient (Wildman–Crippen LogP) is 1.67. The van der Waals surface area contributed by atoms with Crippen molar-refractivity contribution in [2.24, 2.45) is 0 Å². The second-order valence-electron chi connectivity index (χ2n) is 3.76. The van der Waals surface area contributed by atoms with Gasteiger partial charge in [0.05, 0.1) is 5.56 Å². The van der Waals surface area contributed by atoms with E-state index in [-0.39, 0.29) is 11.9 Å². The van der Waals surface area contributed by atoms with Crippen LogP contribution in [0.25, 0.3) is 11.4 Å². The number of carbonyl (C=O) groups excluding carboxylic acids is 1. The molecule has 0 atom stereocenters. The summed E-state index contributed by atoms with van der Waals surface area (Å²) in [6.45, 7) is 0. The van der Waals surface area contributed by atoms with E-state index < -0.39 is 0 Å². The summed E-state index contributed by atoms with van der Waals surface area (Å²) < 4.78 is 1.11. The van der Waals surface area contributed by atoms with E-state index in [1.807, 2.05) is 5.38 Å². The molecule has 3 aromatic heterocycles. The Hall–Kier alpha value is -2.54. The van der Waals surface area contributed by atoms with E-state index in [1.165, 1.54) is 11.3 Å². The van der Waals surface area contributed by atoms with Crippen LogP contribution in [0.1, 0.15) is 10.4 Å². The van der Waals surface area contributed by atoms with Crippen LogP contribution >= 0.6 is 11.3 Å². The first-order chi connectivity index (χ1) is 9.25. The third-order valence-corrected chi connectivity index (χ3v) is 3.21. The number of pyridine rings is 1. The van der Waals surface area contributed by atoms with Crippen LogP contribution in [0.2, 0.25) is 0 Å². The largest absolute Gasteiger partial charge is 0.368 e. The molecule has 0 radical (unpaired) electrons. The minimum absolute atomic E-state index is 0.0722. The number of rotatable bonds is 2. The van der Waals surface area contributed by atoms with Gasteiger partial charge in [-0.05, 0) is 23.6 Å². The number of nitrogens with two attached hydrogens (primary N) is 1. The highest BCUT2D eigenvalue weighted by Crippen LogP contribution is 2.17. The molecule has 0 unspecified atom stereocenters. The van der Waals surface area contributed by atoms with Crippen molar-refractivity contribution in [3.05, 3.63) is 46.9 Å². The highest BCUT2D eigenvalue weighted by Gasteiger charge is 2.16. The topological polar surface area (TPSA) is 86.7 Å². The van der Waals surface area contributed by atoms with Crippen LogP contribution in [0.15, 0.2) is 41.4 Å². The van der Waals surface area contributed by atoms with E-state index >= 15 is 0 Å². The smallest absolute Gasteiger partial charge is 0.282 e. The van der Waals surface area contributed by atoms with Gasteiger partial charge < -0.3 is 5.73 Å². The lowest BCUT2D eigenvalue weighted by molar-refractivity contribution is 0.0948. The molecule has 0 saturated carbocycles. The van der Waals surface area contributed by atoms with Crippen molar-refractivity contribution in [1.29, 1.82) is 0 Å². The van der Waals surface area contributed by atoms with Gasteiger partial charge in [-0.2, -0.15) is 21.0 Å². The quantitative estimate of drug-likeness (QED) is 0.766. The molecule has 0 aliphatic heterocycles. The molecular weight excluding hydrogens is 262 g/mol. The van der Waals surface area contributed by atoms with Gasteiger partial charge in [-0.3, -0.25) is 9.78 Å². The van der Waals surface area contributed by atoms with Crippen molar-refractivity contribution in [2.45, 2.75) is 0 Å². The number of hydrogen-bond acceptors (Lipinski definition) is 6. The van der Waals surface area contributed by atoms with Crippen molar-refractivity contribution >= 4 is 23.2 Å². The summed E-state index contributed by atoms with van der Waals surface area (Å²) in [5.41, 5.74) is 7.05. The Morgan fingerprint density at radius 2 is 2.05 bits per heavy atom. The van der Waals surface area contributed by atoms with Crippen LogP contribution in [0.3, 0.4) is 0 Å². The molecule has 3 heterocycles. The average Bonchev–Trinajstić information content (AvgIpc) is 3.08. The second-order valence-corrected chi connectivity index (χ2v) is 4.54. The third kappa shape index (κ3) is 2.11. The van der Waals surface area contributed by atoms with Crippen LogP contribution in [-0.4, -0.2) is 25.7 Å². The van der Waals surface area contributed by atoms with Crippen LogP contribution in [0.4, 0.5) is 5.95 Å². The van der Waals surface area contributed by atoms with Gasteiger partial charge in [0.25, 0.3) is 5.91 Å². The molecule has 0 amide bonds. The van der Waals surface area contributed by atoms with E-state index in [0.29, 0.717) is 11.4 Å². The van der Waals surface area contributed by atoms with Crippen LogP contribution in [0, 0.1) is 0 Å². The van der Waals surface area contributed by atoms with E-state index in [9.17, 15) is 4.79 Å². The molecule has 0 aliphatic rings. The summed E-state index contributed by atoms with van der Waals surface area (Å²) in [6, 6.07) is 5.24. The maximum absolute atomic E-state index is 12.1. The first-order valence-corrected chi connectivity index (χ1v) is 6.40. The SMILES string of the molecule is Nc1nc(-c2ccncc2)nn1C(=O)c1ccsc1. The molecule has 0 saturated heterocycles. The molecule has 0 spiro atoms. The maximum Gasteiger partial charge on any atom is 0.282 e. The van der Waals surface area contributed by atoms with E-state index in [1.54, 1.807) is 36.0 Å². The molecule has 19 heavy (non-hydrogen) atoms. The highest BCUT2D eigenvalue weighted by molar-refractivity contribution is 7.08. The van der Waals surface area contributed by atoms with Crippen LogP contribution in [0.5, 0.6) is 0 Å². The van der Waals surface area contributed by atoms with Crippen molar-refractivity contribution in [3.63, 3.8) is 0 Å². The summed E-state index contributed by atoms with van der Waals surface area (Å²) in [4.78, 5) is 20.2. The number of nitrogens with zero attached hydrogens (tertiary/aromatic N) is 4. The van der Waals surface area contributed by atoms with Crippen molar-refractivity contribution < 1.29 is 4.79 Å². The minimum atomic E-state index is -0.286. The minimum Gasteiger partial charge on any atom is -0.368 e. The van der Waals surface area contributed by atoms with Gasteiger partial charge in [-0.15, -0.1) is 5.10 Å². The van der Waals surface area contributed by atoms with Gasteiger partial charge in [-0.25, -0.2) is 0 Å². The maximum atomic E-state index is 12.1. The Morgan fingerprint density at radius 3 is 2.74 bits per heavy atom. The number of thiophene rings is 1. The molecule has 3 rings (SSSR count). The first-order valence-electron chi connectivity index (χ1n) is 5.45. The fourth-order valence-corrected chi connectivity index (χ4v) is 2.24. The average molecular weight is 271 g/mol. The number of anilines is 1. The van der Waals surface area contributed by atoms with Crippen molar-refractivity contribution in [1.82, 2.24) is 19.7 Å². The normalized spacial score (nSPS) is 10.5. The fourth-order valence-electron chi connectivity index (χ4n) is 1.61. The zero-order chi connectivity index (χ0) is 13.2. The van der Waals surface area contributed by atoms with Gasteiger partial charge >= 0.3 is 0 Å². The Morgan fingerprint density at radius 1 is 1.26 bits per heavy atom. The second kappa shape index (κ2) is 4.62. The van der Waals surface area contributed by atoms with Crippen molar-refractivity contribution in [3.8, 4) is 11.4 Å². The lowest BCUT2D eigenvalue weighted by Gasteiger charge is -1.97. The van der Waals surface area contributed by atoms with E-state index in [4.69, 9.17) is 5.73 Å². The monoisotopic (exact) mass is 271 g/mol. The molecule has 0 aromatic carbocycles. The summed E-state index contributed by atoms with van der Waals surface area (Å²) in [6.07, 6.45) is 3.26.